The second kappa shape index (κ2) is 13.2. The number of carbonyl (C=O) groups excluding carboxylic acids is 1. The maximum absolute atomic E-state index is 12.4. The van der Waals surface area contributed by atoms with Gasteiger partial charge in [-0.25, -0.2) is 4.79 Å². The summed E-state index contributed by atoms with van der Waals surface area (Å²) in [6, 6.07) is 10.1. The second-order valence-electron chi connectivity index (χ2n) is 9.81. The Hall–Kier alpha value is -1.71. The Morgan fingerprint density at radius 3 is 2.42 bits per heavy atom. The molecule has 1 N–H and O–H groups in total. The minimum atomic E-state index is -0.447. The number of aliphatic imine (C=N–C) groups is 1. The van der Waals surface area contributed by atoms with E-state index in [4.69, 9.17) is 9.47 Å². The molecule has 2 fully saturated rings. The number of guanidine groups is 1. The summed E-state index contributed by atoms with van der Waals surface area (Å²) < 4.78 is 11.7. The topological polar surface area (TPSA) is 66.4 Å². The first-order chi connectivity index (χ1) is 15.3. The largest absolute Gasteiger partial charge is 0.490 e. The number of rotatable bonds is 5. The van der Waals surface area contributed by atoms with Crippen molar-refractivity contribution in [1.29, 1.82) is 0 Å². The summed E-state index contributed by atoms with van der Waals surface area (Å²) in [5.74, 6) is 2.40. The maximum Gasteiger partial charge on any atom is 0.410 e. The molecule has 8 heteroatoms. The number of nitrogens with one attached hydrogen (secondary N) is 1. The Morgan fingerprint density at radius 1 is 1.09 bits per heavy atom. The fourth-order valence-electron chi connectivity index (χ4n) is 4.39. The molecule has 1 aromatic rings. The summed E-state index contributed by atoms with van der Waals surface area (Å²) in [4.78, 5) is 21.1. The molecule has 0 aromatic heterocycles. The van der Waals surface area contributed by atoms with Gasteiger partial charge in [0.1, 0.15) is 17.5 Å². The van der Waals surface area contributed by atoms with Crippen LogP contribution in [-0.2, 0) is 4.74 Å². The van der Waals surface area contributed by atoms with E-state index in [1.165, 1.54) is 0 Å². The molecule has 3 rings (SSSR count). The van der Waals surface area contributed by atoms with Crippen molar-refractivity contribution >= 4 is 36.0 Å². The Kier molecular flexibility index (Phi) is 11.1. The predicted octanol–water partition coefficient (Wildman–Crippen LogP) is 4.76. The molecule has 2 heterocycles. The molecular weight excluding hydrogens is 531 g/mol. The van der Waals surface area contributed by atoms with E-state index in [9.17, 15) is 4.79 Å². The zero-order chi connectivity index (χ0) is 23.0. The molecule has 33 heavy (non-hydrogen) atoms. The van der Waals surface area contributed by atoms with Crippen molar-refractivity contribution in [2.24, 2.45) is 10.9 Å². The number of amides is 1. The van der Waals surface area contributed by atoms with E-state index in [1.807, 2.05) is 63.1 Å². The van der Waals surface area contributed by atoms with Gasteiger partial charge in [0, 0.05) is 52.6 Å². The van der Waals surface area contributed by atoms with Crippen LogP contribution in [0.25, 0.3) is 0 Å². The number of piperidine rings is 2. The molecule has 186 valence electrons. The molecule has 0 aliphatic carbocycles. The number of para-hydroxylation sites is 1. The molecule has 2 saturated heterocycles. The molecule has 0 saturated carbocycles. The van der Waals surface area contributed by atoms with Gasteiger partial charge in [0.25, 0.3) is 0 Å². The highest BCUT2D eigenvalue weighted by Crippen LogP contribution is 2.22. The molecule has 0 bridgehead atoms. The molecule has 1 amide bonds. The van der Waals surface area contributed by atoms with Crippen LogP contribution in [0.5, 0.6) is 5.75 Å². The molecule has 0 spiro atoms. The van der Waals surface area contributed by atoms with Crippen molar-refractivity contribution in [3.05, 3.63) is 30.3 Å². The summed E-state index contributed by atoms with van der Waals surface area (Å²) in [5.41, 5.74) is -0.447. The van der Waals surface area contributed by atoms with Crippen LogP contribution in [0.2, 0.25) is 0 Å². The third-order valence-electron chi connectivity index (χ3n) is 6.01. The zero-order valence-corrected chi connectivity index (χ0v) is 22.9. The van der Waals surface area contributed by atoms with Crippen LogP contribution in [0.15, 0.2) is 35.3 Å². The lowest BCUT2D eigenvalue weighted by Gasteiger charge is -2.35. The smallest absolute Gasteiger partial charge is 0.410 e. The van der Waals surface area contributed by atoms with Crippen molar-refractivity contribution in [2.45, 2.75) is 64.6 Å². The van der Waals surface area contributed by atoms with Gasteiger partial charge < -0.3 is 24.6 Å². The Labute approximate surface area is 216 Å². The molecule has 7 nitrogen and oxygen atoms in total. The summed E-state index contributed by atoms with van der Waals surface area (Å²) in [6.45, 7) is 10.0. The van der Waals surface area contributed by atoms with Crippen molar-refractivity contribution in [1.82, 2.24) is 15.1 Å². The maximum atomic E-state index is 12.4. The molecule has 1 atom stereocenters. The van der Waals surface area contributed by atoms with Crippen LogP contribution in [0.4, 0.5) is 4.79 Å². The van der Waals surface area contributed by atoms with Crippen LogP contribution >= 0.6 is 24.0 Å². The van der Waals surface area contributed by atoms with Gasteiger partial charge in [-0.05, 0) is 58.1 Å². The summed E-state index contributed by atoms with van der Waals surface area (Å²) in [7, 11) is 1.85. The number of carbonyl (C=O) groups is 1. The zero-order valence-electron chi connectivity index (χ0n) is 20.6. The van der Waals surface area contributed by atoms with Gasteiger partial charge >= 0.3 is 6.09 Å². The van der Waals surface area contributed by atoms with Gasteiger partial charge in [-0.1, -0.05) is 18.2 Å². The van der Waals surface area contributed by atoms with Crippen molar-refractivity contribution in [2.75, 3.05) is 39.8 Å². The minimum Gasteiger partial charge on any atom is -0.490 e. The van der Waals surface area contributed by atoms with Crippen LogP contribution in [-0.4, -0.2) is 73.3 Å². The van der Waals surface area contributed by atoms with Crippen LogP contribution in [0, 0.1) is 5.92 Å². The van der Waals surface area contributed by atoms with Crippen LogP contribution in [0.1, 0.15) is 52.9 Å². The third-order valence-corrected chi connectivity index (χ3v) is 6.01. The van der Waals surface area contributed by atoms with Gasteiger partial charge in [-0.3, -0.25) is 4.99 Å². The number of halogens is 1. The Balaban J connectivity index is 0.00000385. The lowest BCUT2D eigenvalue weighted by Crippen LogP contribution is -2.48. The van der Waals surface area contributed by atoms with Crippen molar-refractivity contribution < 1.29 is 14.3 Å². The quantitative estimate of drug-likeness (QED) is 0.313. The van der Waals surface area contributed by atoms with Gasteiger partial charge in [0.05, 0.1) is 0 Å². The molecule has 0 radical (unpaired) electrons. The number of hydrogen-bond acceptors (Lipinski definition) is 4. The number of likely N-dealkylation sites (tertiary alicyclic amines) is 2. The van der Waals surface area contributed by atoms with E-state index in [1.54, 1.807) is 0 Å². The molecule has 2 aliphatic rings. The van der Waals surface area contributed by atoms with Gasteiger partial charge in [0.15, 0.2) is 5.96 Å². The van der Waals surface area contributed by atoms with Gasteiger partial charge in [-0.2, -0.15) is 0 Å². The number of hydrogen-bond donors (Lipinski definition) is 1. The Bertz CT molecular complexity index is 746. The van der Waals surface area contributed by atoms with E-state index >= 15 is 0 Å². The van der Waals surface area contributed by atoms with E-state index < -0.39 is 5.60 Å². The molecule has 1 unspecified atom stereocenters. The fourth-order valence-corrected chi connectivity index (χ4v) is 4.39. The summed E-state index contributed by atoms with van der Waals surface area (Å²) in [5, 5.41) is 3.53. The fraction of sp³-hybridized carbons (Fsp3) is 0.680. The van der Waals surface area contributed by atoms with Crippen molar-refractivity contribution in [3.63, 3.8) is 0 Å². The average molecular weight is 573 g/mol. The SMILES string of the molecule is CN=C(NCCC1CCCN(C(=O)OC(C)(C)C)C1)N1CCC(Oc2ccccc2)CC1.I. The molecule has 1 aromatic carbocycles. The Morgan fingerprint density at radius 2 is 1.79 bits per heavy atom. The summed E-state index contributed by atoms with van der Waals surface area (Å²) in [6.07, 6.45) is 5.26. The van der Waals surface area contributed by atoms with E-state index in [2.05, 4.69) is 15.2 Å². The standard InChI is InChI=1S/C25H40N4O3.HI/c1-25(2,3)32-24(30)29-16-8-9-20(19-29)12-15-27-23(26-4)28-17-13-22(14-18-28)31-21-10-6-5-7-11-21;/h5-7,10-11,20,22H,8-9,12-19H2,1-4H3,(H,26,27);1H. The highest BCUT2D eigenvalue weighted by molar-refractivity contribution is 14.0. The highest BCUT2D eigenvalue weighted by atomic mass is 127. The van der Waals surface area contributed by atoms with Crippen molar-refractivity contribution in [3.8, 4) is 5.75 Å². The first-order valence-corrected chi connectivity index (χ1v) is 12.0. The first kappa shape index (κ1) is 27.5. The van der Waals surface area contributed by atoms with E-state index in [0.717, 1.165) is 76.5 Å². The molecular formula is C25H41IN4O3. The predicted molar refractivity (Wildman–Crippen MR) is 144 cm³/mol. The normalized spacial score (nSPS) is 20.1. The average Bonchev–Trinajstić information content (AvgIpc) is 2.77. The molecule has 2 aliphatic heterocycles. The monoisotopic (exact) mass is 572 g/mol. The number of benzene rings is 1. The second-order valence-corrected chi connectivity index (χ2v) is 9.81. The van der Waals surface area contributed by atoms with Gasteiger partial charge in [0.2, 0.25) is 0 Å². The third kappa shape index (κ3) is 9.22. The van der Waals surface area contributed by atoms with Crippen LogP contribution in [0.3, 0.4) is 0 Å². The lowest BCUT2D eigenvalue weighted by molar-refractivity contribution is 0.0162. The summed E-state index contributed by atoms with van der Waals surface area (Å²) >= 11 is 0. The van der Waals surface area contributed by atoms with Crippen LogP contribution < -0.4 is 10.1 Å². The first-order valence-electron chi connectivity index (χ1n) is 12.0. The highest BCUT2D eigenvalue weighted by Gasteiger charge is 2.28. The minimum absolute atomic E-state index is 0. The number of nitrogens with zero attached hydrogens (tertiary/aromatic N) is 3. The van der Waals surface area contributed by atoms with Gasteiger partial charge in [-0.15, -0.1) is 24.0 Å². The van der Waals surface area contributed by atoms with E-state index in [0.29, 0.717) is 5.92 Å². The lowest BCUT2D eigenvalue weighted by atomic mass is 9.95. The van der Waals surface area contributed by atoms with E-state index in [-0.39, 0.29) is 36.2 Å². The number of ether oxygens (including phenoxy) is 2.